The monoisotopic (exact) mass is 361 g/mol. The first-order valence-electron chi connectivity index (χ1n) is 7.09. The second-order valence-corrected chi connectivity index (χ2v) is 6.97. The quantitative estimate of drug-likeness (QED) is 0.450. The number of aliphatic hydroxyl groups excluding tert-OH is 3. The van der Waals surface area contributed by atoms with Crippen LogP contribution in [0.15, 0.2) is 30.3 Å². The van der Waals surface area contributed by atoms with Crippen LogP contribution in [-0.4, -0.2) is 73.2 Å². The zero-order chi connectivity index (χ0) is 17.9. The van der Waals surface area contributed by atoms with Gasteiger partial charge in [-0.05, 0) is 12.1 Å². The Morgan fingerprint density at radius 3 is 2.46 bits per heavy atom. The van der Waals surface area contributed by atoms with Gasteiger partial charge in [-0.2, -0.15) is 8.42 Å². The molecule has 5 atom stereocenters. The van der Waals surface area contributed by atoms with Gasteiger partial charge < -0.3 is 25.4 Å². The average Bonchev–Trinajstić information content (AvgIpc) is 2.53. The fraction of sp³-hybridized carbons (Fsp3) is 0.500. The van der Waals surface area contributed by atoms with Gasteiger partial charge in [-0.15, -0.1) is 0 Å². The molecule has 1 aliphatic heterocycles. The third kappa shape index (κ3) is 4.50. The van der Waals surface area contributed by atoms with Crippen LogP contribution >= 0.6 is 0 Å². The highest BCUT2D eigenvalue weighted by Crippen LogP contribution is 2.24. The normalized spacial score (nSPS) is 30.8. The summed E-state index contributed by atoms with van der Waals surface area (Å²) in [5, 5.41) is 31.7. The van der Waals surface area contributed by atoms with E-state index in [2.05, 4.69) is 5.32 Å². The van der Waals surface area contributed by atoms with Crippen molar-refractivity contribution in [2.24, 2.45) is 0 Å². The van der Waals surface area contributed by atoms with Crippen molar-refractivity contribution in [3.8, 4) is 0 Å². The number of hydrogen-bond acceptors (Lipinski definition) is 8. The van der Waals surface area contributed by atoms with Gasteiger partial charge in [0.15, 0.2) is 6.29 Å². The van der Waals surface area contributed by atoms with Crippen molar-refractivity contribution in [2.75, 3.05) is 12.9 Å². The van der Waals surface area contributed by atoms with Crippen LogP contribution in [-0.2, 0) is 19.0 Å². The molecule has 0 aliphatic carbocycles. The van der Waals surface area contributed by atoms with Crippen LogP contribution in [0.1, 0.15) is 10.4 Å². The van der Waals surface area contributed by atoms with E-state index in [1.807, 2.05) is 0 Å². The predicted octanol–water partition coefficient (Wildman–Crippen LogP) is -1.80. The van der Waals surface area contributed by atoms with E-state index in [9.17, 15) is 23.4 Å². The molecule has 24 heavy (non-hydrogen) atoms. The molecule has 134 valence electrons. The molecule has 1 aromatic carbocycles. The number of aliphatic hydroxyl groups is 3. The van der Waals surface area contributed by atoms with Crippen LogP contribution in [0.4, 0.5) is 0 Å². The highest BCUT2D eigenvalue weighted by atomic mass is 32.2. The van der Waals surface area contributed by atoms with Crippen molar-refractivity contribution in [3.63, 3.8) is 0 Å². The highest BCUT2D eigenvalue weighted by Gasteiger charge is 2.47. The maximum Gasteiger partial charge on any atom is 0.264 e. The van der Waals surface area contributed by atoms with Gasteiger partial charge in [-0.3, -0.25) is 8.98 Å². The standard InChI is InChI=1S/C14H19NO8S/c1-24(20,21)23-12-10(14(19)22-9(7-16)11(12)17)15-13(18)8-5-3-2-4-6-8/h2-6,9-12,14,16-17,19H,7H2,1H3,(H,15,18)/t9-,10+,11+,12-,14-/m0/s1. The molecule has 1 aliphatic rings. The number of amides is 1. The number of ether oxygens (including phenoxy) is 1. The minimum absolute atomic E-state index is 0.265. The maximum absolute atomic E-state index is 12.2. The summed E-state index contributed by atoms with van der Waals surface area (Å²) in [7, 11) is -4.00. The molecule has 1 amide bonds. The van der Waals surface area contributed by atoms with Crippen LogP contribution in [0.2, 0.25) is 0 Å². The van der Waals surface area contributed by atoms with Gasteiger partial charge >= 0.3 is 0 Å². The van der Waals surface area contributed by atoms with E-state index < -0.39 is 53.3 Å². The van der Waals surface area contributed by atoms with Crippen LogP contribution in [0.5, 0.6) is 0 Å². The summed E-state index contributed by atoms with van der Waals surface area (Å²) in [6, 6.07) is 6.65. The number of carbonyl (C=O) groups is 1. The Bertz CT molecular complexity index is 665. The molecule has 1 saturated heterocycles. The van der Waals surface area contributed by atoms with Gasteiger partial charge in [0.1, 0.15) is 24.4 Å². The summed E-state index contributed by atoms with van der Waals surface area (Å²) >= 11 is 0. The summed E-state index contributed by atoms with van der Waals surface area (Å²) < 4.78 is 32.6. The van der Waals surface area contributed by atoms with Crippen molar-refractivity contribution >= 4 is 16.0 Å². The lowest BCUT2D eigenvalue weighted by Crippen LogP contribution is -2.65. The SMILES string of the molecule is CS(=O)(=O)O[C@@H]1[C@H](O)[C@H](CO)O[C@H](O)[C@@H]1NC(=O)c1ccccc1. The smallest absolute Gasteiger partial charge is 0.264 e. The predicted molar refractivity (Wildman–Crippen MR) is 81.4 cm³/mol. The van der Waals surface area contributed by atoms with Crippen LogP contribution < -0.4 is 5.32 Å². The summed E-state index contributed by atoms with van der Waals surface area (Å²) in [6.45, 7) is -0.665. The van der Waals surface area contributed by atoms with E-state index in [0.29, 0.717) is 0 Å². The van der Waals surface area contributed by atoms with E-state index >= 15 is 0 Å². The molecule has 10 heteroatoms. The van der Waals surface area contributed by atoms with Crippen LogP contribution in [0.3, 0.4) is 0 Å². The molecular weight excluding hydrogens is 342 g/mol. The Hall–Kier alpha value is -1.56. The fourth-order valence-corrected chi connectivity index (χ4v) is 3.01. The molecular formula is C14H19NO8S. The number of hydrogen-bond donors (Lipinski definition) is 4. The van der Waals surface area contributed by atoms with E-state index in [-0.39, 0.29) is 5.56 Å². The Labute approximate surface area is 139 Å². The summed E-state index contributed by atoms with van der Waals surface area (Å²) in [4.78, 5) is 12.2. The second-order valence-electron chi connectivity index (χ2n) is 5.37. The molecule has 0 aromatic heterocycles. The van der Waals surface area contributed by atoms with E-state index in [4.69, 9.17) is 14.0 Å². The molecule has 0 bridgehead atoms. The Morgan fingerprint density at radius 2 is 1.92 bits per heavy atom. The van der Waals surface area contributed by atoms with Crippen LogP contribution in [0, 0.1) is 0 Å². The third-order valence-electron chi connectivity index (χ3n) is 3.49. The van der Waals surface area contributed by atoms with Crippen molar-refractivity contribution in [1.29, 1.82) is 0 Å². The molecule has 1 fully saturated rings. The van der Waals surface area contributed by atoms with Gasteiger partial charge in [-0.1, -0.05) is 18.2 Å². The summed E-state index contributed by atoms with van der Waals surface area (Å²) in [5.74, 6) is -0.611. The van der Waals surface area contributed by atoms with Gasteiger partial charge in [0, 0.05) is 5.56 Å². The summed E-state index contributed by atoms with van der Waals surface area (Å²) in [6.07, 6.45) is -5.25. The first-order chi connectivity index (χ1) is 11.2. The fourth-order valence-electron chi connectivity index (χ4n) is 2.38. The Kier molecular flexibility index (Phi) is 5.91. The number of nitrogens with one attached hydrogen (secondary N) is 1. The van der Waals surface area contributed by atoms with Gasteiger partial charge in [0.25, 0.3) is 16.0 Å². The molecule has 0 unspecified atom stereocenters. The molecule has 9 nitrogen and oxygen atoms in total. The van der Waals surface area contributed by atoms with Crippen molar-refractivity contribution in [2.45, 2.75) is 30.6 Å². The molecule has 1 heterocycles. The lowest BCUT2D eigenvalue weighted by Gasteiger charge is -2.41. The number of rotatable bonds is 5. The van der Waals surface area contributed by atoms with Gasteiger partial charge in [0.2, 0.25) is 0 Å². The second kappa shape index (κ2) is 7.55. The van der Waals surface area contributed by atoms with Crippen LogP contribution in [0.25, 0.3) is 0 Å². The third-order valence-corrected chi connectivity index (χ3v) is 4.06. The topological polar surface area (TPSA) is 142 Å². The maximum atomic E-state index is 12.2. The van der Waals surface area contributed by atoms with Gasteiger partial charge in [-0.25, -0.2) is 0 Å². The number of carbonyl (C=O) groups excluding carboxylic acids is 1. The minimum Gasteiger partial charge on any atom is -0.394 e. The first kappa shape index (κ1) is 18.8. The zero-order valence-electron chi connectivity index (χ0n) is 12.8. The molecule has 4 N–H and O–H groups in total. The van der Waals surface area contributed by atoms with Gasteiger partial charge in [0.05, 0.1) is 12.9 Å². The van der Waals surface area contributed by atoms with Crippen molar-refractivity contribution < 1.29 is 37.5 Å². The molecule has 0 spiro atoms. The zero-order valence-corrected chi connectivity index (χ0v) is 13.6. The number of benzene rings is 1. The average molecular weight is 361 g/mol. The molecule has 0 saturated carbocycles. The lowest BCUT2D eigenvalue weighted by atomic mass is 9.97. The molecule has 0 radical (unpaired) electrons. The lowest BCUT2D eigenvalue weighted by molar-refractivity contribution is -0.247. The van der Waals surface area contributed by atoms with E-state index in [1.165, 1.54) is 12.1 Å². The Balaban J connectivity index is 2.24. The van der Waals surface area contributed by atoms with Crippen molar-refractivity contribution in [1.82, 2.24) is 5.32 Å². The minimum atomic E-state index is -4.00. The van der Waals surface area contributed by atoms with Crippen molar-refractivity contribution in [3.05, 3.63) is 35.9 Å². The van der Waals surface area contributed by atoms with E-state index in [0.717, 1.165) is 6.26 Å². The highest BCUT2D eigenvalue weighted by molar-refractivity contribution is 7.86. The summed E-state index contributed by atoms with van der Waals surface area (Å²) in [5.41, 5.74) is 0.265. The molecule has 2 rings (SSSR count). The molecule has 1 aromatic rings. The largest absolute Gasteiger partial charge is 0.394 e. The first-order valence-corrected chi connectivity index (χ1v) is 8.91. The Morgan fingerprint density at radius 1 is 1.29 bits per heavy atom. The van der Waals surface area contributed by atoms with E-state index in [1.54, 1.807) is 18.2 Å².